The summed E-state index contributed by atoms with van der Waals surface area (Å²) in [5.41, 5.74) is 0.416. The molecule has 0 aromatic heterocycles. The van der Waals surface area contributed by atoms with E-state index in [1.165, 1.54) is 18.2 Å². The summed E-state index contributed by atoms with van der Waals surface area (Å²) in [5, 5.41) is 11.0. The van der Waals surface area contributed by atoms with Crippen molar-refractivity contribution in [3.63, 3.8) is 0 Å². The van der Waals surface area contributed by atoms with E-state index in [0.717, 1.165) is 18.2 Å². The molecule has 3 aromatic carbocycles. The van der Waals surface area contributed by atoms with Gasteiger partial charge in [0.2, 0.25) is 5.91 Å². The normalized spacial score (nSPS) is 14.2. The smallest absolute Gasteiger partial charge is 0.416 e. The number of anilines is 1. The molecule has 3 amide bonds. The Labute approximate surface area is 247 Å². The largest absolute Gasteiger partial charge is 0.490 e. The van der Waals surface area contributed by atoms with E-state index in [2.05, 4.69) is 11.4 Å². The van der Waals surface area contributed by atoms with Crippen LogP contribution in [0, 0.1) is 11.3 Å². The number of imide groups is 1. The van der Waals surface area contributed by atoms with Crippen molar-refractivity contribution >= 4 is 52.2 Å². The molecule has 1 N–H and O–H groups in total. The Morgan fingerprint density at radius 3 is 2.60 bits per heavy atom. The zero-order valence-corrected chi connectivity index (χ0v) is 23.4. The van der Waals surface area contributed by atoms with Crippen molar-refractivity contribution in [2.75, 3.05) is 18.5 Å². The van der Waals surface area contributed by atoms with Crippen LogP contribution in [0.2, 0.25) is 5.02 Å². The van der Waals surface area contributed by atoms with Gasteiger partial charge in [0.05, 0.1) is 33.7 Å². The molecule has 42 heavy (non-hydrogen) atoms. The van der Waals surface area contributed by atoms with Crippen LogP contribution in [0.15, 0.2) is 65.6 Å². The Morgan fingerprint density at radius 2 is 1.88 bits per heavy atom. The topological polar surface area (TPSA) is 109 Å². The second kappa shape index (κ2) is 13.0. The summed E-state index contributed by atoms with van der Waals surface area (Å²) in [6.07, 6.45) is -3.20. The number of carbonyl (C=O) groups is 3. The van der Waals surface area contributed by atoms with E-state index in [0.29, 0.717) is 33.4 Å². The van der Waals surface area contributed by atoms with Gasteiger partial charge in [-0.25, -0.2) is 0 Å². The standard InChI is InChI=1S/C29H21ClF3N3O5S/c1-2-40-23-11-17(10-22(30)26(23)41-16-19-7-4-3-6-18(19)14-34)12-24-27(38)36(28(39)42-24)15-25(37)35-21-9-5-8-20(13-21)29(31,32)33/h3-13H,2,15-16H2,1H3,(H,35,37)/b24-12-. The predicted molar refractivity (Wildman–Crippen MR) is 151 cm³/mol. The molecule has 1 saturated heterocycles. The Balaban J connectivity index is 1.49. The monoisotopic (exact) mass is 615 g/mol. The highest BCUT2D eigenvalue weighted by molar-refractivity contribution is 8.18. The molecule has 8 nitrogen and oxygen atoms in total. The fourth-order valence-electron chi connectivity index (χ4n) is 3.88. The Morgan fingerprint density at radius 1 is 1.12 bits per heavy atom. The molecular weight excluding hydrogens is 595 g/mol. The maximum absolute atomic E-state index is 13.0. The number of hydrogen-bond acceptors (Lipinski definition) is 7. The lowest BCUT2D eigenvalue weighted by Crippen LogP contribution is -2.36. The van der Waals surface area contributed by atoms with Crippen LogP contribution in [0.3, 0.4) is 0 Å². The van der Waals surface area contributed by atoms with Crippen LogP contribution in [0.1, 0.15) is 29.2 Å². The lowest BCUT2D eigenvalue weighted by Gasteiger charge is -2.15. The van der Waals surface area contributed by atoms with Crippen LogP contribution in [0.4, 0.5) is 23.7 Å². The number of halogens is 4. The average molecular weight is 616 g/mol. The molecule has 0 atom stereocenters. The third-order valence-corrected chi connectivity index (χ3v) is 6.98. The quantitative estimate of drug-likeness (QED) is 0.261. The summed E-state index contributed by atoms with van der Waals surface area (Å²) >= 11 is 7.08. The van der Waals surface area contributed by atoms with Crippen LogP contribution in [0.25, 0.3) is 6.08 Å². The van der Waals surface area contributed by atoms with Gasteiger partial charge < -0.3 is 14.8 Å². The van der Waals surface area contributed by atoms with E-state index in [1.807, 2.05) is 0 Å². The minimum Gasteiger partial charge on any atom is -0.490 e. The van der Waals surface area contributed by atoms with Crippen LogP contribution in [-0.4, -0.2) is 35.1 Å². The minimum absolute atomic E-state index is 0.00185. The van der Waals surface area contributed by atoms with Crippen molar-refractivity contribution in [3.05, 3.63) is 92.8 Å². The van der Waals surface area contributed by atoms with Crippen molar-refractivity contribution < 1.29 is 37.0 Å². The lowest BCUT2D eigenvalue weighted by atomic mass is 10.1. The molecule has 0 radical (unpaired) electrons. The van der Waals surface area contributed by atoms with Crippen LogP contribution in [0.5, 0.6) is 11.5 Å². The first-order valence-electron chi connectivity index (χ1n) is 12.3. The summed E-state index contributed by atoms with van der Waals surface area (Å²) < 4.78 is 50.4. The molecular formula is C29H21ClF3N3O5S. The molecule has 0 unspecified atom stereocenters. The summed E-state index contributed by atoms with van der Waals surface area (Å²) in [7, 11) is 0. The number of rotatable bonds is 9. The van der Waals surface area contributed by atoms with Crippen molar-refractivity contribution in [3.8, 4) is 17.6 Å². The molecule has 1 heterocycles. The zero-order chi connectivity index (χ0) is 30.4. The van der Waals surface area contributed by atoms with Gasteiger partial charge in [0.15, 0.2) is 11.5 Å². The molecule has 0 bridgehead atoms. The van der Waals surface area contributed by atoms with Gasteiger partial charge in [-0.05, 0) is 66.7 Å². The maximum Gasteiger partial charge on any atom is 0.416 e. The van der Waals surface area contributed by atoms with Crippen LogP contribution < -0.4 is 14.8 Å². The molecule has 3 aromatic rings. The van der Waals surface area contributed by atoms with E-state index >= 15 is 0 Å². The zero-order valence-electron chi connectivity index (χ0n) is 21.8. The lowest BCUT2D eigenvalue weighted by molar-refractivity contribution is -0.137. The van der Waals surface area contributed by atoms with E-state index in [4.69, 9.17) is 21.1 Å². The summed E-state index contributed by atoms with van der Waals surface area (Å²) in [5.74, 6) is -1.11. The van der Waals surface area contributed by atoms with Crippen LogP contribution >= 0.6 is 23.4 Å². The van der Waals surface area contributed by atoms with Crippen molar-refractivity contribution in [2.45, 2.75) is 19.7 Å². The number of hydrogen-bond donors (Lipinski definition) is 1. The molecule has 0 saturated carbocycles. The van der Waals surface area contributed by atoms with E-state index in [-0.39, 0.29) is 40.3 Å². The van der Waals surface area contributed by atoms with Crippen molar-refractivity contribution in [1.82, 2.24) is 4.90 Å². The highest BCUT2D eigenvalue weighted by Gasteiger charge is 2.36. The molecule has 1 aliphatic rings. The molecule has 0 aliphatic carbocycles. The van der Waals surface area contributed by atoms with Gasteiger partial charge >= 0.3 is 6.18 Å². The molecule has 4 rings (SSSR count). The van der Waals surface area contributed by atoms with Gasteiger partial charge in [0.1, 0.15) is 13.2 Å². The van der Waals surface area contributed by atoms with Gasteiger partial charge in [-0.2, -0.15) is 18.4 Å². The number of nitrogens with one attached hydrogen (secondary N) is 1. The highest BCUT2D eigenvalue weighted by Crippen LogP contribution is 2.40. The summed E-state index contributed by atoms with van der Waals surface area (Å²) in [4.78, 5) is 38.6. The van der Waals surface area contributed by atoms with Gasteiger partial charge in [-0.1, -0.05) is 35.9 Å². The van der Waals surface area contributed by atoms with Crippen LogP contribution in [-0.2, 0) is 22.4 Å². The second-order valence-corrected chi connectivity index (χ2v) is 10.1. The summed E-state index contributed by atoms with van der Waals surface area (Å²) in [6, 6.07) is 16.1. The predicted octanol–water partition coefficient (Wildman–Crippen LogP) is 6.88. The van der Waals surface area contributed by atoms with Crippen molar-refractivity contribution in [2.24, 2.45) is 0 Å². The van der Waals surface area contributed by atoms with E-state index in [1.54, 1.807) is 37.3 Å². The van der Waals surface area contributed by atoms with Gasteiger partial charge in [-0.15, -0.1) is 0 Å². The first-order chi connectivity index (χ1) is 20.0. The van der Waals surface area contributed by atoms with Gasteiger partial charge in [0.25, 0.3) is 11.1 Å². The number of carbonyl (C=O) groups excluding carboxylic acids is 3. The second-order valence-electron chi connectivity index (χ2n) is 8.72. The number of alkyl halides is 3. The Bertz CT molecular complexity index is 1620. The fraction of sp³-hybridized carbons (Fsp3) is 0.172. The number of benzene rings is 3. The summed E-state index contributed by atoms with van der Waals surface area (Å²) in [6.45, 7) is 1.37. The average Bonchev–Trinajstić information content (AvgIpc) is 3.19. The van der Waals surface area contributed by atoms with Gasteiger partial charge in [-0.3, -0.25) is 19.3 Å². The number of nitriles is 1. The van der Waals surface area contributed by atoms with E-state index < -0.39 is 35.3 Å². The molecule has 13 heteroatoms. The molecule has 0 spiro atoms. The number of thioether (sulfide) groups is 1. The Hall–Kier alpha value is -4.47. The maximum atomic E-state index is 13.0. The highest BCUT2D eigenvalue weighted by atomic mass is 35.5. The molecule has 1 aliphatic heterocycles. The SMILES string of the molecule is CCOc1cc(/C=C2\SC(=O)N(CC(=O)Nc3cccc(C(F)(F)F)c3)C2=O)cc(Cl)c1OCc1ccccc1C#N. The minimum atomic E-state index is -4.60. The Kier molecular flexibility index (Phi) is 9.45. The molecule has 216 valence electrons. The molecule has 1 fully saturated rings. The third kappa shape index (κ3) is 7.23. The number of amides is 3. The number of ether oxygens (including phenoxy) is 2. The number of nitrogens with zero attached hydrogens (tertiary/aromatic N) is 2. The first kappa shape index (κ1) is 30.5. The fourth-order valence-corrected chi connectivity index (χ4v) is 5.00. The first-order valence-corrected chi connectivity index (χ1v) is 13.5. The van der Waals surface area contributed by atoms with Crippen molar-refractivity contribution in [1.29, 1.82) is 5.26 Å². The van der Waals surface area contributed by atoms with E-state index in [9.17, 15) is 32.8 Å². The van der Waals surface area contributed by atoms with Gasteiger partial charge in [0, 0.05) is 11.3 Å². The third-order valence-electron chi connectivity index (χ3n) is 5.79.